The van der Waals surface area contributed by atoms with Gasteiger partial charge in [0, 0.05) is 6.20 Å². The van der Waals surface area contributed by atoms with Crippen LogP contribution in [0.4, 0.5) is 0 Å². The van der Waals surface area contributed by atoms with E-state index in [9.17, 15) is 0 Å². The molecule has 78 valence electrons. The molecular weight excluding hydrogens is 192 g/mol. The minimum absolute atomic E-state index is 0.0509. The van der Waals surface area contributed by atoms with Gasteiger partial charge in [0.1, 0.15) is 5.69 Å². The molecule has 0 spiro atoms. The third-order valence-electron chi connectivity index (χ3n) is 2.13. The van der Waals surface area contributed by atoms with Crippen LogP contribution in [0.15, 0.2) is 28.8 Å². The first-order chi connectivity index (χ1) is 7.31. The van der Waals surface area contributed by atoms with Crippen molar-refractivity contribution < 1.29 is 4.42 Å². The molecule has 5 nitrogen and oxygen atoms in total. The summed E-state index contributed by atoms with van der Waals surface area (Å²) in [6, 6.07) is 5.61. The van der Waals surface area contributed by atoms with Gasteiger partial charge in [-0.1, -0.05) is 6.07 Å². The predicted octanol–water partition coefficient (Wildman–Crippen LogP) is 1.41. The summed E-state index contributed by atoms with van der Waals surface area (Å²) in [5, 5.41) is 10.9. The van der Waals surface area contributed by atoms with Crippen molar-refractivity contribution in [2.75, 3.05) is 7.05 Å². The molecule has 5 heteroatoms. The quantitative estimate of drug-likeness (QED) is 0.819. The fourth-order valence-electron chi connectivity index (χ4n) is 1.13. The fraction of sp³-hybridized carbons (Fsp3) is 0.300. The molecule has 0 bridgehead atoms. The van der Waals surface area contributed by atoms with Gasteiger partial charge in [-0.15, -0.1) is 10.2 Å². The first-order valence-corrected chi connectivity index (χ1v) is 4.73. The molecule has 15 heavy (non-hydrogen) atoms. The highest BCUT2D eigenvalue weighted by molar-refractivity contribution is 5.44. The van der Waals surface area contributed by atoms with Crippen LogP contribution in [0, 0.1) is 0 Å². The monoisotopic (exact) mass is 204 g/mol. The second kappa shape index (κ2) is 4.18. The van der Waals surface area contributed by atoms with Crippen LogP contribution in [0.5, 0.6) is 0 Å². The third kappa shape index (κ3) is 2.02. The van der Waals surface area contributed by atoms with Gasteiger partial charge in [-0.25, -0.2) is 0 Å². The summed E-state index contributed by atoms with van der Waals surface area (Å²) < 4.78 is 5.48. The molecule has 2 heterocycles. The van der Waals surface area contributed by atoms with Gasteiger partial charge in [0.05, 0.1) is 6.04 Å². The van der Waals surface area contributed by atoms with Crippen LogP contribution in [0.1, 0.15) is 18.9 Å². The first-order valence-electron chi connectivity index (χ1n) is 4.73. The molecular formula is C10H12N4O. The maximum Gasteiger partial charge on any atom is 0.266 e. The molecule has 0 aliphatic rings. The Hall–Kier alpha value is -1.75. The molecule has 1 N–H and O–H groups in total. The molecule has 1 atom stereocenters. The highest BCUT2D eigenvalue weighted by Gasteiger charge is 2.13. The minimum Gasteiger partial charge on any atom is -0.418 e. The summed E-state index contributed by atoms with van der Waals surface area (Å²) in [6.45, 7) is 1.95. The van der Waals surface area contributed by atoms with Crippen molar-refractivity contribution in [2.24, 2.45) is 0 Å². The van der Waals surface area contributed by atoms with Crippen molar-refractivity contribution in [3.8, 4) is 11.6 Å². The number of rotatable bonds is 3. The molecule has 0 radical (unpaired) electrons. The highest BCUT2D eigenvalue weighted by atomic mass is 16.4. The highest BCUT2D eigenvalue weighted by Crippen LogP contribution is 2.17. The largest absolute Gasteiger partial charge is 0.418 e. The van der Waals surface area contributed by atoms with Crippen LogP contribution in [0.3, 0.4) is 0 Å². The van der Waals surface area contributed by atoms with E-state index in [0.29, 0.717) is 17.5 Å². The lowest BCUT2D eigenvalue weighted by Crippen LogP contribution is -2.12. The van der Waals surface area contributed by atoms with E-state index in [-0.39, 0.29) is 6.04 Å². The number of aromatic nitrogens is 3. The van der Waals surface area contributed by atoms with Crippen molar-refractivity contribution in [3.05, 3.63) is 30.3 Å². The van der Waals surface area contributed by atoms with E-state index in [1.54, 1.807) is 6.20 Å². The molecule has 0 saturated heterocycles. The summed E-state index contributed by atoms with van der Waals surface area (Å²) in [5.41, 5.74) is 0.694. The maximum atomic E-state index is 5.48. The van der Waals surface area contributed by atoms with Crippen LogP contribution < -0.4 is 5.32 Å². The lowest BCUT2D eigenvalue weighted by molar-refractivity contribution is 0.440. The van der Waals surface area contributed by atoms with Crippen molar-refractivity contribution in [1.82, 2.24) is 20.5 Å². The second-order valence-electron chi connectivity index (χ2n) is 3.17. The van der Waals surface area contributed by atoms with Gasteiger partial charge in [0.2, 0.25) is 5.89 Å². The Morgan fingerprint density at radius 3 is 2.87 bits per heavy atom. The fourth-order valence-corrected chi connectivity index (χ4v) is 1.13. The van der Waals surface area contributed by atoms with Gasteiger partial charge in [0.25, 0.3) is 5.89 Å². The van der Waals surface area contributed by atoms with Crippen LogP contribution >= 0.6 is 0 Å². The van der Waals surface area contributed by atoms with Gasteiger partial charge in [-0.3, -0.25) is 4.98 Å². The zero-order valence-electron chi connectivity index (χ0n) is 8.64. The Balaban J connectivity index is 2.28. The average Bonchev–Trinajstić information content (AvgIpc) is 2.78. The summed E-state index contributed by atoms with van der Waals surface area (Å²) in [5.74, 6) is 1.02. The molecule has 0 fully saturated rings. The van der Waals surface area contributed by atoms with E-state index >= 15 is 0 Å². The number of hydrogen-bond acceptors (Lipinski definition) is 5. The van der Waals surface area contributed by atoms with Gasteiger partial charge in [0.15, 0.2) is 0 Å². The Kier molecular flexibility index (Phi) is 2.73. The van der Waals surface area contributed by atoms with Crippen molar-refractivity contribution in [1.29, 1.82) is 0 Å². The van der Waals surface area contributed by atoms with Gasteiger partial charge < -0.3 is 9.73 Å². The SMILES string of the molecule is CNC(C)c1nnc(-c2ccccn2)o1. The first kappa shape index (κ1) is 9.79. The normalized spacial score (nSPS) is 12.7. The van der Waals surface area contributed by atoms with Crippen LogP contribution in [-0.4, -0.2) is 22.2 Å². The zero-order valence-corrected chi connectivity index (χ0v) is 8.64. The molecule has 2 aromatic rings. The molecule has 2 rings (SSSR count). The number of pyridine rings is 1. The lowest BCUT2D eigenvalue weighted by Gasteiger charge is -2.01. The van der Waals surface area contributed by atoms with Crippen LogP contribution in [-0.2, 0) is 0 Å². The van der Waals surface area contributed by atoms with Crippen LogP contribution in [0.25, 0.3) is 11.6 Å². The van der Waals surface area contributed by atoms with E-state index in [1.807, 2.05) is 32.2 Å². The second-order valence-corrected chi connectivity index (χ2v) is 3.17. The van der Waals surface area contributed by atoms with Gasteiger partial charge in [-0.2, -0.15) is 0 Å². The predicted molar refractivity (Wildman–Crippen MR) is 55.0 cm³/mol. The van der Waals surface area contributed by atoms with E-state index < -0.39 is 0 Å². The molecule has 0 aliphatic carbocycles. The topological polar surface area (TPSA) is 63.8 Å². The smallest absolute Gasteiger partial charge is 0.266 e. The van der Waals surface area contributed by atoms with Crippen LogP contribution in [0.2, 0.25) is 0 Å². The lowest BCUT2D eigenvalue weighted by atomic mass is 10.3. The van der Waals surface area contributed by atoms with Crippen molar-refractivity contribution in [2.45, 2.75) is 13.0 Å². The molecule has 1 unspecified atom stereocenters. The summed E-state index contributed by atoms with van der Waals surface area (Å²) in [4.78, 5) is 4.13. The molecule has 0 amide bonds. The molecule has 2 aromatic heterocycles. The van der Waals surface area contributed by atoms with E-state index in [4.69, 9.17) is 4.42 Å². The maximum absolute atomic E-state index is 5.48. The standard InChI is InChI=1S/C10H12N4O/c1-7(11-2)9-13-14-10(15-9)8-5-3-4-6-12-8/h3-7,11H,1-2H3. The summed E-state index contributed by atoms with van der Waals surface area (Å²) in [7, 11) is 1.84. The molecule has 0 aliphatic heterocycles. The Bertz CT molecular complexity index is 426. The van der Waals surface area contributed by atoms with Crippen molar-refractivity contribution >= 4 is 0 Å². The Morgan fingerprint density at radius 1 is 1.33 bits per heavy atom. The minimum atomic E-state index is 0.0509. The van der Waals surface area contributed by atoms with E-state index in [2.05, 4.69) is 20.5 Å². The van der Waals surface area contributed by atoms with Gasteiger partial charge >= 0.3 is 0 Å². The zero-order chi connectivity index (χ0) is 10.7. The third-order valence-corrected chi connectivity index (χ3v) is 2.13. The average molecular weight is 204 g/mol. The Morgan fingerprint density at radius 2 is 2.20 bits per heavy atom. The number of nitrogens with one attached hydrogen (secondary N) is 1. The Labute approximate surface area is 87.6 Å². The molecule has 0 aromatic carbocycles. The number of nitrogens with zero attached hydrogens (tertiary/aromatic N) is 3. The summed E-state index contributed by atoms with van der Waals surface area (Å²) in [6.07, 6.45) is 1.70. The summed E-state index contributed by atoms with van der Waals surface area (Å²) >= 11 is 0. The van der Waals surface area contributed by atoms with E-state index in [1.165, 1.54) is 0 Å². The van der Waals surface area contributed by atoms with E-state index in [0.717, 1.165) is 0 Å². The van der Waals surface area contributed by atoms with Crippen molar-refractivity contribution in [3.63, 3.8) is 0 Å². The van der Waals surface area contributed by atoms with Gasteiger partial charge in [-0.05, 0) is 26.1 Å². The molecule has 0 saturated carbocycles. The number of hydrogen-bond donors (Lipinski definition) is 1.